The SMILES string of the molecule is Cc1csc(C(=O)N2CCC3(C2)CN(c2cnn(C)c2)C(=O)CN3C)c1. The molecule has 2 saturated heterocycles. The third-order valence-corrected chi connectivity index (χ3v) is 6.54. The number of aromatic nitrogens is 2. The van der Waals surface area contributed by atoms with Crippen LogP contribution < -0.4 is 4.90 Å². The van der Waals surface area contributed by atoms with Crippen molar-refractivity contribution in [1.29, 1.82) is 0 Å². The molecule has 1 unspecified atom stereocenters. The van der Waals surface area contributed by atoms with Crippen LogP contribution in [0.2, 0.25) is 0 Å². The van der Waals surface area contributed by atoms with E-state index in [0.717, 1.165) is 29.1 Å². The highest BCUT2D eigenvalue weighted by molar-refractivity contribution is 7.12. The molecule has 0 saturated carbocycles. The van der Waals surface area contributed by atoms with Crippen molar-refractivity contribution in [2.45, 2.75) is 18.9 Å². The maximum absolute atomic E-state index is 12.8. The van der Waals surface area contributed by atoms with Gasteiger partial charge in [-0.3, -0.25) is 19.2 Å². The zero-order valence-electron chi connectivity index (χ0n) is 15.3. The van der Waals surface area contributed by atoms with Crippen LogP contribution in [-0.2, 0) is 11.8 Å². The van der Waals surface area contributed by atoms with Gasteiger partial charge in [-0.25, -0.2) is 0 Å². The minimum absolute atomic E-state index is 0.0739. The summed E-state index contributed by atoms with van der Waals surface area (Å²) in [6, 6.07) is 1.95. The molecule has 0 aromatic carbocycles. The van der Waals surface area contributed by atoms with Crippen LogP contribution in [-0.4, -0.2) is 70.2 Å². The van der Waals surface area contributed by atoms with Gasteiger partial charge in [0.05, 0.1) is 28.8 Å². The second kappa shape index (κ2) is 6.21. The summed E-state index contributed by atoms with van der Waals surface area (Å²) in [6.07, 6.45) is 4.45. The summed E-state index contributed by atoms with van der Waals surface area (Å²) in [5.41, 5.74) is 1.74. The molecule has 26 heavy (non-hydrogen) atoms. The maximum Gasteiger partial charge on any atom is 0.263 e. The number of aryl methyl sites for hydroxylation is 2. The smallest absolute Gasteiger partial charge is 0.263 e. The Balaban J connectivity index is 1.55. The van der Waals surface area contributed by atoms with Crippen LogP contribution in [0.5, 0.6) is 0 Å². The summed E-state index contributed by atoms with van der Waals surface area (Å²) in [4.78, 5) is 32.1. The molecule has 0 N–H and O–H groups in total. The molecule has 0 bridgehead atoms. The Bertz CT molecular complexity index is 859. The first-order valence-electron chi connectivity index (χ1n) is 8.73. The van der Waals surface area contributed by atoms with Gasteiger partial charge in [0.2, 0.25) is 5.91 Å². The van der Waals surface area contributed by atoms with Crippen LogP contribution in [0.1, 0.15) is 21.7 Å². The van der Waals surface area contributed by atoms with E-state index in [1.54, 1.807) is 10.9 Å². The molecule has 7 nitrogen and oxygen atoms in total. The second-order valence-corrected chi connectivity index (χ2v) is 8.31. The monoisotopic (exact) mass is 373 g/mol. The number of carbonyl (C=O) groups excluding carboxylic acids is 2. The van der Waals surface area contributed by atoms with Crippen molar-refractivity contribution in [3.63, 3.8) is 0 Å². The van der Waals surface area contributed by atoms with Crippen molar-refractivity contribution in [2.24, 2.45) is 7.05 Å². The number of likely N-dealkylation sites (N-methyl/N-ethyl adjacent to an activating group) is 1. The summed E-state index contributed by atoms with van der Waals surface area (Å²) < 4.78 is 1.71. The van der Waals surface area contributed by atoms with Crippen LogP contribution >= 0.6 is 11.3 Å². The third kappa shape index (κ3) is 2.83. The molecule has 1 atom stereocenters. The number of hydrogen-bond acceptors (Lipinski definition) is 5. The standard InChI is InChI=1S/C18H23N5O2S/c1-13-6-15(26-10-13)17(25)22-5-4-18(11-22)12-23(16(24)9-20(18)2)14-7-19-21(3)8-14/h6-8,10H,4-5,9,11-12H2,1-3H3. The number of hydrogen-bond donors (Lipinski definition) is 0. The largest absolute Gasteiger partial charge is 0.336 e. The third-order valence-electron chi connectivity index (χ3n) is 5.50. The van der Waals surface area contributed by atoms with Gasteiger partial charge in [0.25, 0.3) is 5.91 Å². The maximum atomic E-state index is 12.8. The predicted molar refractivity (Wildman–Crippen MR) is 100 cm³/mol. The van der Waals surface area contributed by atoms with E-state index in [1.165, 1.54) is 11.3 Å². The Kier molecular flexibility index (Phi) is 4.11. The average Bonchev–Trinajstić information content (AvgIpc) is 3.31. The summed E-state index contributed by atoms with van der Waals surface area (Å²) in [5, 5.41) is 6.20. The van der Waals surface area contributed by atoms with Gasteiger partial charge in [-0.2, -0.15) is 5.10 Å². The van der Waals surface area contributed by atoms with E-state index >= 15 is 0 Å². The van der Waals surface area contributed by atoms with E-state index in [2.05, 4.69) is 10.00 Å². The van der Waals surface area contributed by atoms with Crippen LogP contribution in [0.3, 0.4) is 0 Å². The van der Waals surface area contributed by atoms with E-state index in [1.807, 2.05) is 48.5 Å². The Morgan fingerprint density at radius 2 is 2.12 bits per heavy atom. The van der Waals surface area contributed by atoms with Crippen molar-refractivity contribution in [1.82, 2.24) is 19.6 Å². The molecule has 0 radical (unpaired) electrons. The minimum Gasteiger partial charge on any atom is -0.336 e. The van der Waals surface area contributed by atoms with Gasteiger partial charge < -0.3 is 9.80 Å². The topological polar surface area (TPSA) is 61.7 Å². The van der Waals surface area contributed by atoms with Crippen molar-refractivity contribution >= 4 is 28.8 Å². The number of nitrogens with zero attached hydrogens (tertiary/aromatic N) is 5. The van der Waals surface area contributed by atoms with Gasteiger partial charge in [-0.1, -0.05) is 0 Å². The molecule has 8 heteroatoms. The van der Waals surface area contributed by atoms with Gasteiger partial charge in [0, 0.05) is 32.9 Å². The fourth-order valence-electron chi connectivity index (χ4n) is 3.91. The number of thiophene rings is 1. The lowest BCUT2D eigenvalue weighted by Gasteiger charge is -2.46. The van der Waals surface area contributed by atoms with Gasteiger partial charge in [-0.05, 0) is 37.4 Å². The Labute approximate surface area is 156 Å². The van der Waals surface area contributed by atoms with Crippen LogP contribution in [0.25, 0.3) is 0 Å². The number of carbonyl (C=O) groups is 2. The quantitative estimate of drug-likeness (QED) is 0.797. The molecule has 2 aliphatic rings. The van der Waals surface area contributed by atoms with E-state index < -0.39 is 0 Å². The van der Waals surface area contributed by atoms with Gasteiger partial charge in [0.15, 0.2) is 0 Å². The number of amides is 2. The molecular weight excluding hydrogens is 350 g/mol. The van der Waals surface area contributed by atoms with Gasteiger partial charge in [-0.15, -0.1) is 11.3 Å². The number of anilines is 1. The molecule has 0 aliphatic carbocycles. The first kappa shape index (κ1) is 17.2. The predicted octanol–water partition coefficient (Wildman–Crippen LogP) is 1.35. The summed E-state index contributed by atoms with van der Waals surface area (Å²) in [5.74, 6) is 0.169. The summed E-state index contributed by atoms with van der Waals surface area (Å²) >= 11 is 1.50. The summed E-state index contributed by atoms with van der Waals surface area (Å²) in [6.45, 7) is 4.31. The Hall–Kier alpha value is -2.19. The van der Waals surface area contributed by atoms with Crippen molar-refractivity contribution in [3.05, 3.63) is 34.3 Å². The average molecular weight is 373 g/mol. The zero-order valence-corrected chi connectivity index (χ0v) is 16.1. The molecule has 2 amide bonds. The van der Waals surface area contributed by atoms with Crippen LogP contribution in [0, 0.1) is 6.92 Å². The minimum atomic E-state index is -0.203. The van der Waals surface area contributed by atoms with Crippen molar-refractivity contribution in [3.8, 4) is 0 Å². The van der Waals surface area contributed by atoms with Gasteiger partial charge >= 0.3 is 0 Å². The highest BCUT2D eigenvalue weighted by Gasteiger charge is 2.49. The number of likely N-dealkylation sites (tertiary alicyclic amines) is 1. The lowest BCUT2D eigenvalue weighted by Crippen LogP contribution is -2.64. The van der Waals surface area contributed by atoms with Crippen molar-refractivity contribution < 1.29 is 9.59 Å². The first-order valence-corrected chi connectivity index (χ1v) is 9.61. The zero-order chi connectivity index (χ0) is 18.5. The molecule has 138 valence electrons. The Morgan fingerprint density at radius 1 is 1.31 bits per heavy atom. The molecule has 2 aliphatic heterocycles. The van der Waals surface area contributed by atoms with E-state index in [-0.39, 0.29) is 17.4 Å². The Morgan fingerprint density at radius 3 is 2.77 bits per heavy atom. The molecule has 2 fully saturated rings. The molecule has 2 aromatic heterocycles. The molecule has 1 spiro atoms. The van der Waals surface area contributed by atoms with Crippen molar-refractivity contribution in [2.75, 3.05) is 38.1 Å². The highest BCUT2D eigenvalue weighted by atomic mass is 32.1. The number of rotatable bonds is 2. The molecular formula is C18H23N5O2S. The van der Waals surface area contributed by atoms with Crippen LogP contribution in [0.4, 0.5) is 5.69 Å². The summed E-state index contributed by atoms with van der Waals surface area (Å²) in [7, 11) is 3.83. The number of piperazine rings is 1. The van der Waals surface area contributed by atoms with E-state index in [0.29, 0.717) is 19.6 Å². The van der Waals surface area contributed by atoms with E-state index in [4.69, 9.17) is 0 Å². The normalized spacial score (nSPS) is 24.0. The second-order valence-electron chi connectivity index (χ2n) is 7.40. The van der Waals surface area contributed by atoms with Crippen LogP contribution in [0.15, 0.2) is 23.8 Å². The van der Waals surface area contributed by atoms with E-state index in [9.17, 15) is 9.59 Å². The molecule has 4 rings (SSSR count). The molecule has 4 heterocycles. The lowest BCUT2D eigenvalue weighted by atomic mass is 9.93. The molecule has 2 aromatic rings. The lowest BCUT2D eigenvalue weighted by molar-refractivity contribution is -0.123. The first-order chi connectivity index (χ1) is 12.4. The highest BCUT2D eigenvalue weighted by Crippen LogP contribution is 2.34. The fraction of sp³-hybridized carbons (Fsp3) is 0.500. The fourth-order valence-corrected chi connectivity index (χ4v) is 4.78. The van der Waals surface area contributed by atoms with Gasteiger partial charge in [0.1, 0.15) is 0 Å².